The minimum atomic E-state index is 0.424. The van der Waals surface area contributed by atoms with E-state index in [1.807, 2.05) is 0 Å². The van der Waals surface area contributed by atoms with Crippen molar-refractivity contribution in [2.75, 3.05) is 6.54 Å². The fraction of sp³-hybridized carbons (Fsp3) is 0.467. The molecule has 1 aromatic carbocycles. The summed E-state index contributed by atoms with van der Waals surface area (Å²) in [6.45, 7) is 4.87. The van der Waals surface area contributed by atoms with Crippen molar-refractivity contribution in [3.63, 3.8) is 0 Å². The maximum Gasteiger partial charge on any atom is 0.226 e. The summed E-state index contributed by atoms with van der Waals surface area (Å²) in [6.07, 6.45) is 1.81. The Morgan fingerprint density at radius 3 is 2.70 bits per heavy atom. The molecule has 1 atom stereocenters. The fourth-order valence-corrected chi connectivity index (χ4v) is 2.60. The van der Waals surface area contributed by atoms with E-state index in [0.29, 0.717) is 18.4 Å². The predicted molar refractivity (Wildman–Crippen MR) is 81.6 cm³/mol. The van der Waals surface area contributed by atoms with Crippen LogP contribution in [-0.2, 0) is 12.2 Å². The zero-order valence-corrected chi connectivity index (χ0v) is 12.8. The van der Waals surface area contributed by atoms with E-state index >= 15 is 0 Å². The monoisotopic (exact) mass is 291 g/mol. The van der Waals surface area contributed by atoms with Crippen molar-refractivity contribution < 1.29 is 4.52 Å². The third-order valence-corrected chi connectivity index (χ3v) is 4.28. The lowest BCUT2D eigenvalue weighted by atomic mass is 10.0. The molecule has 2 N–H and O–H groups in total. The van der Waals surface area contributed by atoms with Gasteiger partial charge in [0.05, 0.1) is 5.75 Å². The Balaban J connectivity index is 1.87. The highest BCUT2D eigenvalue weighted by atomic mass is 32.2. The molecule has 5 heteroatoms. The lowest BCUT2D eigenvalue weighted by Gasteiger charge is -2.07. The third-order valence-electron chi connectivity index (χ3n) is 3.27. The molecule has 4 nitrogen and oxygen atoms in total. The Bertz CT molecular complexity index is 520. The molecule has 0 spiro atoms. The highest BCUT2D eigenvalue weighted by molar-refractivity contribution is 7.98. The minimum Gasteiger partial charge on any atom is -0.339 e. The van der Waals surface area contributed by atoms with E-state index in [1.165, 1.54) is 10.5 Å². The number of benzene rings is 1. The van der Waals surface area contributed by atoms with Crippen LogP contribution in [0.3, 0.4) is 0 Å². The van der Waals surface area contributed by atoms with Gasteiger partial charge < -0.3 is 10.3 Å². The Morgan fingerprint density at radius 2 is 2.05 bits per heavy atom. The van der Waals surface area contributed by atoms with Gasteiger partial charge in [0.15, 0.2) is 5.82 Å². The molecular formula is C15H21N3OS. The highest BCUT2D eigenvalue weighted by Gasteiger charge is 2.12. The maximum atomic E-state index is 5.69. The van der Waals surface area contributed by atoms with E-state index in [1.54, 1.807) is 11.8 Å². The molecule has 0 bridgehead atoms. The van der Waals surface area contributed by atoms with Crippen molar-refractivity contribution in [3.05, 3.63) is 41.5 Å². The van der Waals surface area contributed by atoms with Crippen LogP contribution in [0.15, 0.2) is 33.7 Å². The van der Waals surface area contributed by atoms with Crippen LogP contribution in [0.2, 0.25) is 0 Å². The summed E-state index contributed by atoms with van der Waals surface area (Å²) >= 11 is 1.72. The van der Waals surface area contributed by atoms with Crippen LogP contribution >= 0.6 is 11.8 Å². The molecule has 0 radical (unpaired) electrons. The number of nitrogens with zero attached hydrogens (tertiary/aromatic N) is 2. The molecule has 0 aliphatic heterocycles. The molecule has 2 aromatic rings. The summed E-state index contributed by atoms with van der Waals surface area (Å²) in [5.41, 5.74) is 6.96. The standard InChI is InChI=1S/C15H21N3OS/c1-3-12(9-16)8-15-17-14(18-19-15)10-20-13-6-4-11(2)5-7-13/h4-7,12H,3,8-10,16H2,1-2H3. The Morgan fingerprint density at radius 1 is 1.30 bits per heavy atom. The van der Waals surface area contributed by atoms with Gasteiger partial charge in [-0.25, -0.2) is 0 Å². The summed E-state index contributed by atoms with van der Waals surface area (Å²) in [5.74, 6) is 2.60. The Labute approximate surface area is 124 Å². The van der Waals surface area contributed by atoms with Gasteiger partial charge >= 0.3 is 0 Å². The van der Waals surface area contributed by atoms with Gasteiger partial charge in [-0.15, -0.1) is 11.8 Å². The second kappa shape index (κ2) is 7.45. The number of nitrogens with two attached hydrogens (primary N) is 1. The summed E-state index contributed by atoms with van der Waals surface area (Å²) in [7, 11) is 0. The van der Waals surface area contributed by atoms with Crippen LogP contribution in [0.5, 0.6) is 0 Å². The highest BCUT2D eigenvalue weighted by Crippen LogP contribution is 2.22. The van der Waals surface area contributed by atoms with Crippen LogP contribution in [0.25, 0.3) is 0 Å². The number of thioether (sulfide) groups is 1. The summed E-state index contributed by atoms with van der Waals surface area (Å²) in [5, 5.41) is 4.02. The molecule has 0 aliphatic rings. The van der Waals surface area contributed by atoms with Crippen LogP contribution in [-0.4, -0.2) is 16.7 Å². The van der Waals surface area contributed by atoms with Gasteiger partial charge in [-0.05, 0) is 31.5 Å². The van der Waals surface area contributed by atoms with Crippen LogP contribution < -0.4 is 5.73 Å². The van der Waals surface area contributed by atoms with Crippen molar-refractivity contribution in [1.82, 2.24) is 10.1 Å². The molecule has 0 fully saturated rings. The molecular weight excluding hydrogens is 270 g/mol. The topological polar surface area (TPSA) is 64.9 Å². The van der Waals surface area contributed by atoms with Crippen molar-refractivity contribution in [1.29, 1.82) is 0 Å². The average molecular weight is 291 g/mol. The first-order valence-corrected chi connectivity index (χ1v) is 7.90. The normalized spacial score (nSPS) is 12.6. The molecule has 1 aromatic heterocycles. The van der Waals surface area contributed by atoms with Gasteiger partial charge in [0.1, 0.15) is 0 Å². The second-order valence-corrected chi connectivity index (χ2v) is 5.97. The largest absolute Gasteiger partial charge is 0.339 e. The maximum absolute atomic E-state index is 5.69. The third kappa shape index (κ3) is 4.35. The SMILES string of the molecule is CCC(CN)Cc1nc(CSc2ccc(C)cc2)no1. The number of aryl methyl sites for hydroxylation is 1. The molecule has 0 aliphatic carbocycles. The molecule has 0 amide bonds. The van der Waals surface area contributed by atoms with Crippen LogP contribution in [0.4, 0.5) is 0 Å². The van der Waals surface area contributed by atoms with Gasteiger partial charge in [0, 0.05) is 11.3 Å². The summed E-state index contributed by atoms with van der Waals surface area (Å²) in [6, 6.07) is 8.44. The number of hydrogen-bond acceptors (Lipinski definition) is 5. The van der Waals surface area contributed by atoms with Crippen molar-refractivity contribution in [2.45, 2.75) is 37.3 Å². The van der Waals surface area contributed by atoms with Gasteiger partial charge in [0.2, 0.25) is 5.89 Å². The van der Waals surface area contributed by atoms with Crippen LogP contribution in [0, 0.1) is 12.8 Å². The molecule has 2 rings (SSSR count). The van der Waals surface area contributed by atoms with E-state index < -0.39 is 0 Å². The van der Waals surface area contributed by atoms with Crippen molar-refractivity contribution in [2.24, 2.45) is 11.7 Å². The van der Waals surface area contributed by atoms with Crippen molar-refractivity contribution in [3.8, 4) is 0 Å². The average Bonchev–Trinajstić information content (AvgIpc) is 2.92. The summed E-state index contributed by atoms with van der Waals surface area (Å²) < 4.78 is 5.28. The first kappa shape index (κ1) is 15.1. The quantitative estimate of drug-likeness (QED) is 0.794. The second-order valence-electron chi connectivity index (χ2n) is 4.92. The molecule has 1 heterocycles. The van der Waals surface area contributed by atoms with E-state index in [4.69, 9.17) is 10.3 Å². The minimum absolute atomic E-state index is 0.424. The molecule has 1 unspecified atom stereocenters. The zero-order valence-electron chi connectivity index (χ0n) is 12.0. The van der Waals surface area contributed by atoms with Gasteiger partial charge in [0.25, 0.3) is 0 Å². The zero-order chi connectivity index (χ0) is 14.4. The van der Waals surface area contributed by atoms with Gasteiger partial charge in [-0.1, -0.05) is 36.2 Å². The molecule has 108 valence electrons. The molecule has 20 heavy (non-hydrogen) atoms. The van der Waals surface area contributed by atoms with Gasteiger partial charge in [-0.3, -0.25) is 0 Å². The van der Waals surface area contributed by atoms with E-state index in [2.05, 4.69) is 48.3 Å². The van der Waals surface area contributed by atoms with E-state index in [0.717, 1.165) is 24.4 Å². The number of aromatic nitrogens is 2. The smallest absolute Gasteiger partial charge is 0.226 e. The first-order valence-electron chi connectivity index (χ1n) is 6.92. The van der Waals surface area contributed by atoms with Crippen LogP contribution in [0.1, 0.15) is 30.6 Å². The lowest BCUT2D eigenvalue weighted by Crippen LogP contribution is -2.16. The van der Waals surface area contributed by atoms with Crippen molar-refractivity contribution >= 4 is 11.8 Å². The van der Waals surface area contributed by atoms with Gasteiger partial charge in [-0.2, -0.15) is 4.98 Å². The predicted octanol–water partition coefficient (Wildman–Crippen LogP) is 3.20. The fourth-order valence-electron chi connectivity index (χ4n) is 1.86. The van der Waals surface area contributed by atoms with E-state index in [9.17, 15) is 0 Å². The number of rotatable bonds is 7. The Hall–Kier alpha value is -1.33. The lowest BCUT2D eigenvalue weighted by molar-refractivity contribution is 0.348. The summed E-state index contributed by atoms with van der Waals surface area (Å²) in [4.78, 5) is 5.64. The molecule has 0 saturated heterocycles. The molecule has 0 saturated carbocycles. The first-order chi connectivity index (χ1) is 9.71. The number of hydrogen-bond donors (Lipinski definition) is 1. The Kier molecular flexibility index (Phi) is 5.61. The van der Waals surface area contributed by atoms with E-state index in [-0.39, 0.29) is 0 Å².